The zero-order valence-corrected chi connectivity index (χ0v) is 11.9. The summed E-state index contributed by atoms with van der Waals surface area (Å²) in [5.74, 6) is -1.08. The van der Waals surface area contributed by atoms with Crippen LogP contribution in [-0.2, 0) is 4.74 Å². The highest BCUT2D eigenvalue weighted by atomic mass is 16.5. The molecule has 0 aromatic carbocycles. The van der Waals surface area contributed by atoms with E-state index in [4.69, 9.17) is 9.84 Å². The fraction of sp³-hybridized carbons (Fsp3) is 0.500. The number of nitrogens with zero attached hydrogens (tertiary/aromatic N) is 1. The molecule has 2 amide bonds. The molecular weight excluding hydrogens is 274 g/mol. The van der Waals surface area contributed by atoms with Crippen LogP contribution in [0.25, 0.3) is 0 Å². The molecule has 0 spiro atoms. The van der Waals surface area contributed by atoms with Crippen LogP contribution in [-0.4, -0.2) is 42.4 Å². The number of carboxylic acid groups (broad SMARTS) is 1. The van der Waals surface area contributed by atoms with Crippen molar-refractivity contribution in [3.63, 3.8) is 0 Å². The zero-order chi connectivity index (χ0) is 15.3. The second kappa shape index (κ2) is 6.53. The molecule has 114 valence electrons. The molecule has 1 aliphatic rings. The quantitative estimate of drug-likeness (QED) is 0.710. The minimum absolute atomic E-state index is 0.0338. The van der Waals surface area contributed by atoms with Crippen molar-refractivity contribution in [2.24, 2.45) is 5.41 Å². The molecule has 7 heteroatoms. The lowest BCUT2D eigenvalue weighted by Crippen LogP contribution is -2.34. The molecule has 1 saturated carbocycles. The Morgan fingerprint density at radius 2 is 2.19 bits per heavy atom. The lowest BCUT2D eigenvalue weighted by Gasteiger charge is -2.15. The van der Waals surface area contributed by atoms with Crippen LogP contribution in [0.1, 0.15) is 29.6 Å². The number of anilines is 1. The van der Waals surface area contributed by atoms with Crippen molar-refractivity contribution in [2.75, 3.05) is 25.6 Å². The van der Waals surface area contributed by atoms with Crippen LogP contribution in [0.2, 0.25) is 0 Å². The topological polar surface area (TPSA) is 101 Å². The van der Waals surface area contributed by atoms with Gasteiger partial charge in [0.25, 0.3) is 0 Å². The summed E-state index contributed by atoms with van der Waals surface area (Å²) in [6.45, 7) is 1.28. The van der Waals surface area contributed by atoms with Crippen LogP contribution in [0.15, 0.2) is 18.5 Å². The molecule has 1 aromatic heterocycles. The Bertz CT molecular complexity index is 529. The summed E-state index contributed by atoms with van der Waals surface area (Å²) >= 11 is 0. The van der Waals surface area contributed by atoms with Crippen molar-refractivity contribution >= 4 is 17.7 Å². The molecule has 2 rings (SSSR count). The first-order valence-corrected chi connectivity index (χ1v) is 6.77. The predicted molar refractivity (Wildman–Crippen MR) is 76.4 cm³/mol. The maximum Gasteiger partial charge on any atom is 0.337 e. The van der Waals surface area contributed by atoms with Gasteiger partial charge in [-0.15, -0.1) is 0 Å². The maximum absolute atomic E-state index is 11.8. The molecule has 1 aliphatic carbocycles. The van der Waals surface area contributed by atoms with Gasteiger partial charge in [-0.05, 0) is 30.7 Å². The van der Waals surface area contributed by atoms with Gasteiger partial charge in [0.2, 0.25) is 0 Å². The van der Waals surface area contributed by atoms with Crippen LogP contribution in [0, 0.1) is 5.41 Å². The predicted octanol–water partition coefficient (Wildman–Crippen LogP) is 1.72. The van der Waals surface area contributed by atoms with Crippen molar-refractivity contribution in [3.05, 3.63) is 24.0 Å². The lowest BCUT2D eigenvalue weighted by atomic mass is 10.0. The van der Waals surface area contributed by atoms with Gasteiger partial charge < -0.3 is 20.5 Å². The average Bonchev–Trinajstić information content (AvgIpc) is 3.24. The van der Waals surface area contributed by atoms with Gasteiger partial charge in [-0.2, -0.15) is 0 Å². The van der Waals surface area contributed by atoms with Gasteiger partial charge in [0.05, 0.1) is 17.4 Å². The Morgan fingerprint density at radius 1 is 1.43 bits per heavy atom. The minimum atomic E-state index is -1.08. The van der Waals surface area contributed by atoms with E-state index in [2.05, 4.69) is 15.6 Å². The summed E-state index contributed by atoms with van der Waals surface area (Å²) in [4.78, 5) is 26.4. The zero-order valence-electron chi connectivity index (χ0n) is 11.9. The smallest absolute Gasteiger partial charge is 0.337 e. The summed E-state index contributed by atoms with van der Waals surface area (Å²) in [5.41, 5.74) is 0.551. The Morgan fingerprint density at radius 3 is 2.81 bits per heavy atom. The SMILES string of the molecule is COCCC1(CNC(=O)Nc2cncc(C(=O)O)c2)CC1. The largest absolute Gasteiger partial charge is 0.478 e. The Labute approximate surface area is 122 Å². The number of carbonyl (C=O) groups excluding carboxylic acids is 1. The highest BCUT2D eigenvalue weighted by Gasteiger charge is 2.42. The van der Waals surface area contributed by atoms with E-state index in [1.165, 1.54) is 18.5 Å². The first-order chi connectivity index (χ1) is 10.0. The average molecular weight is 293 g/mol. The van der Waals surface area contributed by atoms with E-state index in [1.54, 1.807) is 7.11 Å². The Kier molecular flexibility index (Phi) is 4.74. The van der Waals surface area contributed by atoms with Crippen molar-refractivity contribution in [1.82, 2.24) is 10.3 Å². The molecule has 1 heterocycles. The molecule has 0 aliphatic heterocycles. The van der Waals surface area contributed by atoms with Crippen LogP contribution < -0.4 is 10.6 Å². The number of urea groups is 1. The number of rotatable bonds is 7. The third-order valence-electron chi connectivity index (χ3n) is 3.66. The van der Waals surface area contributed by atoms with Gasteiger partial charge in [-0.3, -0.25) is 4.98 Å². The van der Waals surface area contributed by atoms with Gasteiger partial charge in [0.15, 0.2) is 0 Å². The van der Waals surface area contributed by atoms with E-state index in [-0.39, 0.29) is 17.0 Å². The monoisotopic (exact) mass is 293 g/mol. The van der Waals surface area contributed by atoms with Gasteiger partial charge in [0.1, 0.15) is 0 Å². The van der Waals surface area contributed by atoms with Crippen LogP contribution in [0.4, 0.5) is 10.5 Å². The number of ether oxygens (including phenoxy) is 1. The number of hydrogen-bond donors (Lipinski definition) is 3. The standard InChI is InChI=1S/C14H19N3O4/c1-21-5-4-14(2-3-14)9-16-13(20)17-11-6-10(12(18)19)7-15-8-11/h6-8H,2-5,9H2,1H3,(H,18,19)(H2,16,17,20). The number of aromatic nitrogens is 1. The first-order valence-electron chi connectivity index (χ1n) is 6.77. The van der Waals surface area contributed by atoms with E-state index in [1.807, 2.05) is 0 Å². The highest BCUT2D eigenvalue weighted by molar-refractivity contribution is 5.92. The number of carbonyl (C=O) groups is 2. The van der Waals surface area contributed by atoms with Crippen molar-refractivity contribution < 1.29 is 19.4 Å². The number of carboxylic acids is 1. The number of hydrogen-bond acceptors (Lipinski definition) is 4. The van der Waals surface area contributed by atoms with Gasteiger partial charge in [-0.25, -0.2) is 9.59 Å². The molecule has 1 aromatic rings. The van der Waals surface area contributed by atoms with Gasteiger partial charge >= 0.3 is 12.0 Å². The molecule has 1 fully saturated rings. The van der Waals surface area contributed by atoms with E-state index < -0.39 is 5.97 Å². The molecule has 0 radical (unpaired) electrons. The fourth-order valence-corrected chi connectivity index (χ4v) is 2.08. The molecule has 0 unspecified atom stereocenters. The third-order valence-corrected chi connectivity index (χ3v) is 3.66. The van der Waals surface area contributed by atoms with Crippen molar-refractivity contribution in [1.29, 1.82) is 0 Å². The summed E-state index contributed by atoms with van der Waals surface area (Å²) < 4.78 is 5.06. The van der Waals surface area contributed by atoms with Crippen molar-refractivity contribution in [3.8, 4) is 0 Å². The second-order valence-corrected chi connectivity index (χ2v) is 5.32. The second-order valence-electron chi connectivity index (χ2n) is 5.32. The molecule has 7 nitrogen and oxygen atoms in total. The fourth-order valence-electron chi connectivity index (χ4n) is 2.08. The third kappa shape index (κ3) is 4.42. The van der Waals surface area contributed by atoms with Crippen LogP contribution in [0.3, 0.4) is 0 Å². The number of methoxy groups -OCH3 is 1. The Balaban J connectivity index is 1.82. The van der Waals surface area contributed by atoms with Crippen LogP contribution in [0.5, 0.6) is 0 Å². The lowest BCUT2D eigenvalue weighted by molar-refractivity contribution is 0.0696. The minimum Gasteiger partial charge on any atom is -0.478 e. The molecule has 0 atom stereocenters. The highest BCUT2D eigenvalue weighted by Crippen LogP contribution is 2.48. The number of amides is 2. The van der Waals surface area contributed by atoms with E-state index >= 15 is 0 Å². The summed E-state index contributed by atoms with van der Waals surface area (Å²) in [7, 11) is 1.67. The van der Waals surface area contributed by atoms with Crippen molar-refractivity contribution in [2.45, 2.75) is 19.3 Å². The number of nitrogens with one attached hydrogen (secondary N) is 2. The first kappa shape index (κ1) is 15.2. The number of pyridine rings is 1. The molecule has 3 N–H and O–H groups in total. The molecule has 0 bridgehead atoms. The normalized spacial score (nSPS) is 15.3. The van der Waals surface area contributed by atoms with Gasteiger partial charge in [0, 0.05) is 26.5 Å². The van der Waals surface area contributed by atoms with Crippen LogP contribution >= 0.6 is 0 Å². The molecular formula is C14H19N3O4. The molecule has 21 heavy (non-hydrogen) atoms. The van der Waals surface area contributed by atoms with E-state index in [9.17, 15) is 9.59 Å². The maximum atomic E-state index is 11.8. The summed E-state index contributed by atoms with van der Waals surface area (Å²) in [6.07, 6.45) is 5.75. The van der Waals surface area contributed by atoms with Gasteiger partial charge in [-0.1, -0.05) is 0 Å². The molecule has 0 saturated heterocycles. The van der Waals surface area contributed by atoms with E-state index in [0.717, 1.165) is 19.3 Å². The Hall–Kier alpha value is -2.15. The number of aromatic carboxylic acids is 1. The van der Waals surface area contributed by atoms with E-state index in [0.29, 0.717) is 18.8 Å². The summed E-state index contributed by atoms with van der Waals surface area (Å²) in [6, 6.07) is 1.01. The summed E-state index contributed by atoms with van der Waals surface area (Å²) in [5, 5.41) is 14.3.